The lowest BCUT2D eigenvalue weighted by atomic mass is 10.0. The molecule has 2 heterocycles. The number of nitrogens with zero attached hydrogens (tertiary/aromatic N) is 1. The molecule has 0 atom stereocenters. The molecule has 1 aromatic carbocycles. The van der Waals surface area contributed by atoms with E-state index in [2.05, 4.69) is 10.5 Å². The lowest BCUT2D eigenvalue weighted by Gasteiger charge is -2.12. The lowest BCUT2D eigenvalue weighted by Crippen LogP contribution is -2.28. The number of ketones is 1. The number of carbonyl (C=O) groups excluding carboxylic acids is 2. The monoisotopic (exact) mass is 336 g/mol. The van der Waals surface area contributed by atoms with Gasteiger partial charge in [0.1, 0.15) is 0 Å². The maximum absolute atomic E-state index is 12.7. The molecule has 0 aliphatic heterocycles. The first-order valence-electron chi connectivity index (χ1n) is 8.02. The minimum absolute atomic E-state index is 0.00964. The molecule has 0 saturated heterocycles. The highest BCUT2D eigenvalue weighted by Crippen LogP contribution is 2.49. The number of furan rings is 1. The van der Waals surface area contributed by atoms with E-state index < -0.39 is 5.41 Å². The van der Waals surface area contributed by atoms with Crippen molar-refractivity contribution in [2.75, 3.05) is 5.32 Å². The molecule has 6 nitrogen and oxygen atoms in total. The number of amides is 1. The number of Topliss-reactive ketones (excluding diaryl/α,β-unsaturated/α-hetero) is 1. The van der Waals surface area contributed by atoms with Crippen molar-refractivity contribution in [2.45, 2.75) is 25.2 Å². The van der Waals surface area contributed by atoms with E-state index in [1.54, 1.807) is 48.7 Å². The Bertz CT molecular complexity index is 919. The summed E-state index contributed by atoms with van der Waals surface area (Å²) < 4.78 is 10.6. The summed E-state index contributed by atoms with van der Waals surface area (Å²) in [6.45, 7) is 1.51. The predicted molar refractivity (Wildman–Crippen MR) is 90.2 cm³/mol. The smallest absolute Gasteiger partial charge is 0.236 e. The Morgan fingerprint density at radius 2 is 1.88 bits per heavy atom. The van der Waals surface area contributed by atoms with E-state index in [0.717, 1.165) is 0 Å². The van der Waals surface area contributed by atoms with Gasteiger partial charge in [0.25, 0.3) is 0 Å². The molecular formula is C19H16N2O4. The molecule has 1 aliphatic carbocycles. The van der Waals surface area contributed by atoms with Crippen LogP contribution in [0.1, 0.15) is 35.8 Å². The summed E-state index contributed by atoms with van der Waals surface area (Å²) in [6, 6.07) is 12.1. The molecule has 1 aliphatic rings. The van der Waals surface area contributed by atoms with E-state index >= 15 is 0 Å². The SMILES string of the molecule is CC(=O)c1ccc(NC(=O)C2(c3cc(-c4ccco4)on3)CC2)cc1. The number of carbonyl (C=O) groups is 2. The van der Waals surface area contributed by atoms with Crippen LogP contribution in [0.25, 0.3) is 11.5 Å². The van der Waals surface area contributed by atoms with Gasteiger partial charge in [-0.3, -0.25) is 9.59 Å². The van der Waals surface area contributed by atoms with E-state index in [4.69, 9.17) is 8.94 Å². The number of rotatable bonds is 5. The zero-order chi connectivity index (χ0) is 17.4. The van der Waals surface area contributed by atoms with Gasteiger partial charge in [-0.15, -0.1) is 0 Å². The van der Waals surface area contributed by atoms with E-state index in [1.165, 1.54) is 6.92 Å². The van der Waals surface area contributed by atoms with Crippen LogP contribution >= 0.6 is 0 Å². The molecular weight excluding hydrogens is 320 g/mol. The quantitative estimate of drug-likeness (QED) is 0.716. The first kappa shape index (κ1) is 15.4. The van der Waals surface area contributed by atoms with Crippen molar-refractivity contribution in [2.24, 2.45) is 0 Å². The second kappa shape index (κ2) is 5.73. The maximum Gasteiger partial charge on any atom is 0.236 e. The van der Waals surface area contributed by atoms with Gasteiger partial charge in [0.05, 0.1) is 17.4 Å². The summed E-state index contributed by atoms with van der Waals surface area (Å²) in [6.07, 6.45) is 2.99. The summed E-state index contributed by atoms with van der Waals surface area (Å²) in [4.78, 5) is 24.0. The first-order chi connectivity index (χ1) is 12.1. The van der Waals surface area contributed by atoms with Crippen LogP contribution in [0.2, 0.25) is 0 Å². The Labute approximate surface area is 143 Å². The molecule has 3 aromatic rings. The largest absolute Gasteiger partial charge is 0.461 e. The summed E-state index contributed by atoms with van der Waals surface area (Å²) in [5.74, 6) is 0.951. The van der Waals surface area contributed by atoms with Gasteiger partial charge in [0.15, 0.2) is 11.5 Å². The lowest BCUT2D eigenvalue weighted by molar-refractivity contribution is -0.118. The van der Waals surface area contributed by atoms with Gasteiger partial charge in [-0.1, -0.05) is 5.16 Å². The van der Waals surface area contributed by atoms with Gasteiger partial charge in [0, 0.05) is 17.3 Å². The van der Waals surface area contributed by atoms with Crippen molar-refractivity contribution in [3.8, 4) is 11.5 Å². The van der Waals surface area contributed by atoms with E-state index in [-0.39, 0.29) is 11.7 Å². The molecule has 0 spiro atoms. The van der Waals surface area contributed by atoms with Crippen LogP contribution in [0.4, 0.5) is 5.69 Å². The zero-order valence-corrected chi connectivity index (χ0v) is 13.6. The average Bonchev–Trinajstić information content (AvgIpc) is 3.02. The van der Waals surface area contributed by atoms with Crippen LogP contribution in [0.3, 0.4) is 0 Å². The third kappa shape index (κ3) is 2.76. The Morgan fingerprint density at radius 1 is 1.12 bits per heavy atom. The summed E-state index contributed by atoms with van der Waals surface area (Å²) in [7, 11) is 0. The Balaban J connectivity index is 1.52. The van der Waals surface area contributed by atoms with Gasteiger partial charge in [-0.05, 0) is 56.2 Å². The van der Waals surface area contributed by atoms with Crippen LogP contribution < -0.4 is 5.32 Å². The minimum atomic E-state index is -0.659. The maximum atomic E-state index is 12.7. The molecule has 2 aromatic heterocycles. The number of nitrogens with one attached hydrogen (secondary N) is 1. The van der Waals surface area contributed by atoms with Crippen molar-refractivity contribution < 1.29 is 18.5 Å². The molecule has 1 saturated carbocycles. The first-order valence-corrected chi connectivity index (χ1v) is 8.02. The summed E-state index contributed by atoms with van der Waals surface area (Å²) in [5, 5.41) is 6.96. The highest BCUT2D eigenvalue weighted by atomic mass is 16.5. The van der Waals surface area contributed by atoms with Crippen LogP contribution in [0, 0.1) is 0 Å². The number of benzene rings is 1. The second-order valence-corrected chi connectivity index (χ2v) is 6.22. The van der Waals surface area contributed by atoms with Crippen molar-refractivity contribution in [1.29, 1.82) is 0 Å². The summed E-state index contributed by atoms with van der Waals surface area (Å²) in [5.41, 5.74) is 1.21. The fourth-order valence-corrected chi connectivity index (χ4v) is 2.80. The highest BCUT2D eigenvalue weighted by molar-refractivity contribution is 6.01. The molecule has 6 heteroatoms. The molecule has 0 bridgehead atoms. The standard InChI is InChI=1S/C19H16N2O4/c1-12(22)13-4-6-14(7-5-13)20-18(23)19(8-9-19)17-11-16(25-21-17)15-3-2-10-24-15/h2-7,10-11H,8-9H2,1H3,(H,20,23). The molecule has 1 amide bonds. The van der Waals surface area contributed by atoms with Crippen LogP contribution in [-0.4, -0.2) is 16.8 Å². The molecule has 4 rings (SSSR count). The number of aromatic nitrogens is 1. The number of hydrogen-bond acceptors (Lipinski definition) is 5. The molecule has 0 unspecified atom stereocenters. The van der Waals surface area contributed by atoms with E-state index in [1.807, 2.05) is 0 Å². The van der Waals surface area contributed by atoms with Gasteiger partial charge in [-0.25, -0.2) is 0 Å². The van der Waals surface area contributed by atoms with Crippen molar-refractivity contribution in [1.82, 2.24) is 5.16 Å². The van der Waals surface area contributed by atoms with Crippen LogP contribution in [0.5, 0.6) is 0 Å². The fraction of sp³-hybridized carbons (Fsp3) is 0.211. The Morgan fingerprint density at radius 3 is 2.48 bits per heavy atom. The highest BCUT2D eigenvalue weighted by Gasteiger charge is 2.54. The number of hydrogen-bond donors (Lipinski definition) is 1. The third-order valence-corrected chi connectivity index (χ3v) is 4.50. The average molecular weight is 336 g/mol. The Hall–Kier alpha value is -3.15. The second-order valence-electron chi connectivity index (χ2n) is 6.22. The minimum Gasteiger partial charge on any atom is -0.461 e. The van der Waals surface area contributed by atoms with Crippen LogP contribution in [-0.2, 0) is 10.2 Å². The molecule has 25 heavy (non-hydrogen) atoms. The normalized spacial score (nSPS) is 14.9. The van der Waals surface area contributed by atoms with Crippen LogP contribution in [0.15, 0.2) is 57.7 Å². The Kier molecular flexibility index (Phi) is 3.53. The molecule has 1 fully saturated rings. The van der Waals surface area contributed by atoms with Crippen molar-refractivity contribution >= 4 is 17.4 Å². The zero-order valence-electron chi connectivity index (χ0n) is 13.6. The number of anilines is 1. The van der Waals surface area contributed by atoms with E-state index in [0.29, 0.717) is 41.3 Å². The molecule has 1 N–H and O–H groups in total. The van der Waals surface area contributed by atoms with Crippen molar-refractivity contribution in [3.63, 3.8) is 0 Å². The van der Waals surface area contributed by atoms with Gasteiger partial charge in [-0.2, -0.15) is 0 Å². The van der Waals surface area contributed by atoms with Crippen molar-refractivity contribution in [3.05, 3.63) is 60.0 Å². The molecule has 0 radical (unpaired) electrons. The topological polar surface area (TPSA) is 85.3 Å². The van der Waals surface area contributed by atoms with Gasteiger partial charge >= 0.3 is 0 Å². The fourth-order valence-electron chi connectivity index (χ4n) is 2.80. The third-order valence-electron chi connectivity index (χ3n) is 4.50. The predicted octanol–water partition coefficient (Wildman–Crippen LogP) is 3.81. The van der Waals surface area contributed by atoms with Gasteiger partial charge in [0.2, 0.25) is 11.7 Å². The van der Waals surface area contributed by atoms with Gasteiger partial charge < -0.3 is 14.3 Å². The van der Waals surface area contributed by atoms with E-state index in [9.17, 15) is 9.59 Å². The summed E-state index contributed by atoms with van der Waals surface area (Å²) >= 11 is 0. The molecule has 126 valence electrons.